The third-order valence-electron chi connectivity index (χ3n) is 3.15. The zero-order valence-electron chi connectivity index (χ0n) is 11.2. The first kappa shape index (κ1) is 12.5. The van der Waals surface area contributed by atoms with Gasteiger partial charge < -0.3 is 14.6 Å². The molecule has 5 heteroatoms. The molecule has 1 N–H and O–H groups in total. The summed E-state index contributed by atoms with van der Waals surface area (Å²) in [4.78, 5) is 4.17. The maximum absolute atomic E-state index is 6.02. The first-order valence-corrected chi connectivity index (χ1v) is 6.01. The molecule has 2 heterocycles. The van der Waals surface area contributed by atoms with Gasteiger partial charge >= 0.3 is 0 Å². The fourth-order valence-electron chi connectivity index (χ4n) is 2.51. The Labute approximate surface area is 102 Å². The number of aryl methyl sites for hydroxylation is 1. The van der Waals surface area contributed by atoms with Crippen LogP contribution in [-0.4, -0.2) is 27.4 Å². The van der Waals surface area contributed by atoms with Crippen LogP contribution < -0.4 is 5.32 Å². The largest absolute Gasteiger partial charge is 0.368 e. The third-order valence-corrected chi connectivity index (χ3v) is 3.15. The molecule has 5 nitrogen and oxygen atoms in total. The lowest BCUT2D eigenvalue weighted by atomic mass is 9.94. The van der Waals surface area contributed by atoms with Gasteiger partial charge in [-0.3, -0.25) is 0 Å². The van der Waals surface area contributed by atoms with E-state index in [9.17, 15) is 0 Å². The second kappa shape index (κ2) is 4.07. The Kier molecular flexibility index (Phi) is 2.99. The Bertz CT molecular complexity index is 398. The minimum atomic E-state index is -0.164. The maximum Gasteiger partial charge on any atom is 0.223 e. The topological polar surface area (TPSA) is 60.2 Å². The van der Waals surface area contributed by atoms with Crippen molar-refractivity contribution in [1.29, 1.82) is 0 Å². The van der Waals surface area contributed by atoms with Crippen LogP contribution in [0.5, 0.6) is 0 Å². The second-order valence-corrected chi connectivity index (χ2v) is 5.83. The zero-order chi connectivity index (χ0) is 12.7. The number of nitrogens with one attached hydrogen (secondary N) is 1. The van der Waals surface area contributed by atoms with Gasteiger partial charge in [0.1, 0.15) is 0 Å². The molecule has 1 aliphatic heterocycles. The monoisotopic (exact) mass is 239 g/mol. The predicted octanol–water partition coefficient (Wildman–Crippen LogP) is 1.81. The van der Waals surface area contributed by atoms with Gasteiger partial charge in [0, 0.05) is 13.0 Å². The zero-order valence-corrected chi connectivity index (χ0v) is 11.2. The Morgan fingerprint density at radius 2 is 2.06 bits per heavy atom. The molecule has 1 saturated heterocycles. The molecule has 96 valence electrons. The van der Waals surface area contributed by atoms with E-state index in [0.29, 0.717) is 24.3 Å². The second-order valence-electron chi connectivity index (χ2n) is 5.83. The first-order valence-electron chi connectivity index (χ1n) is 6.01. The van der Waals surface area contributed by atoms with Crippen molar-refractivity contribution in [1.82, 2.24) is 15.5 Å². The minimum Gasteiger partial charge on any atom is -0.368 e. The Morgan fingerprint density at radius 3 is 2.53 bits per heavy atom. The van der Waals surface area contributed by atoms with Crippen molar-refractivity contribution in [2.45, 2.75) is 64.8 Å². The molecule has 1 fully saturated rings. The van der Waals surface area contributed by atoms with Gasteiger partial charge in [-0.05, 0) is 34.1 Å². The van der Waals surface area contributed by atoms with Gasteiger partial charge in [-0.2, -0.15) is 4.98 Å². The van der Waals surface area contributed by atoms with Crippen LogP contribution >= 0.6 is 0 Å². The molecule has 1 aromatic rings. The van der Waals surface area contributed by atoms with Crippen LogP contribution in [0.3, 0.4) is 0 Å². The molecule has 1 aromatic heterocycles. The lowest BCUT2D eigenvalue weighted by Crippen LogP contribution is -2.43. The molecular weight excluding hydrogens is 218 g/mol. The summed E-state index contributed by atoms with van der Waals surface area (Å²) >= 11 is 0. The molecule has 1 unspecified atom stereocenters. The molecule has 0 amide bonds. The summed E-state index contributed by atoms with van der Waals surface area (Å²) < 4.78 is 11.0. The molecule has 0 aromatic carbocycles. The highest BCUT2D eigenvalue weighted by atomic mass is 16.5. The fraction of sp³-hybridized carbons (Fsp3) is 0.833. The summed E-state index contributed by atoms with van der Waals surface area (Å²) in [5.74, 6) is 1.30. The standard InChI is InChI=1S/C12H21N3O2/c1-8-14-10(15-16-8)7-13-9-6-11(2,3)17-12(9,4)5/h9,13H,6-7H2,1-5H3. The van der Waals surface area contributed by atoms with Crippen molar-refractivity contribution in [2.75, 3.05) is 0 Å². The molecule has 0 spiro atoms. The van der Waals surface area contributed by atoms with Crippen molar-refractivity contribution in [3.63, 3.8) is 0 Å². The van der Waals surface area contributed by atoms with E-state index in [1.807, 2.05) is 0 Å². The van der Waals surface area contributed by atoms with Gasteiger partial charge in [-0.1, -0.05) is 5.16 Å². The van der Waals surface area contributed by atoms with Gasteiger partial charge in [0.05, 0.1) is 17.7 Å². The maximum atomic E-state index is 6.02. The summed E-state index contributed by atoms with van der Waals surface area (Å²) in [6.45, 7) is 10.9. The molecule has 0 saturated carbocycles. The highest BCUT2D eigenvalue weighted by molar-refractivity contribution is 4.99. The number of ether oxygens (including phenoxy) is 1. The highest BCUT2D eigenvalue weighted by Crippen LogP contribution is 2.37. The van der Waals surface area contributed by atoms with Crippen LogP contribution in [-0.2, 0) is 11.3 Å². The summed E-state index contributed by atoms with van der Waals surface area (Å²) in [6, 6.07) is 0.302. The lowest BCUT2D eigenvalue weighted by Gasteiger charge is -2.27. The van der Waals surface area contributed by atoms with E-state index >= 15 is 0 Å². The van der Waals surface area contributed by atoms with Crippen molar-refractivity contribution < 1.29 is 9.26 Å². The van der Waals surface area contributed by atoms with E-state index < -0.39 is 0 Å². The average molecular weight is 239 g/mol. The molecule has 0 radical (unpaired) electrons. The van der Waals surface area contributed by atoms with Crippen LogP contribution in [0.15, 0.2) is 4.52 Å². The number of aromatic nitrogens is 2. The Morgan fingerprint density at radius 1 is 1.35 bits per heavy atom. The Balaban J connectivity index is 1.95. The summed E-state index contributed by atoms with van der Waals surface area (Å²) in [7, 11) is 0. The van der Waals surface area contributed by atoms with Crippen LogP contribution in [0.25, 0.3) is 0 Å². The fourth-order valence-corrected chi connectivity index (χ4v) is 2.51. The predicted molar refractivity (Wildman–Crippen MR) is 63.5 cm³/mol. The van der Waals surface area contributed by atoms with Crippen LogP contribution in [0.2, 0.25) is 0 Å². The number of hydrogen-bond acceptors (Lipinski definition) is 5. The van der Waals surface area contributed by atoms with Gasteiger partial charge in [-0.15, -0.1) is 0 Å². The minimum absolute atomic E-state index is 0.0751. The molecule has 1 aliphatic rings. The van der Waals surface area contributed by atoms with Crippen LogP contribution in [0.1, 0.15) is 45.8 Å². The van der Waals surface area contributed by atoms with Gasteiger partial charge in [0.2, 0.25) is 5.89 Å². The molecule has 17 heavy (non-hydrogen) atoms. The van der Waals surface area contributed by atoms with Crippen molar-refractivity contribution in [3.8, 4) is 0 Å². The van der Waals surface area contributed by atoms with E-state index in [1.165, 1.54) is 0 Å². The van der Waals surface area contributed by atoms with Gasteiger partial charge in [-0.25, -0.2) is 0 Å². The van der Waals surface area contributed by atoms with E-state index in [2.05, 4.69) is 43.2 Å². The number of nitrogens with zero attached hydrogens (tertiary/aromatic N) is 2. The highest BCUT2D eigenvalue weighted by Gasteiger charge is 2.45. The molecular formula is C12H21N3O2. The Hall–Kier alpha value is -0.940. The molecule has 2 rings (SSSR count). The van der Waals surface area contributed by atoms with Gasteiger partial charge in [0.15, 0.2) is 5.82 Å². The van der Waals surface area contributed by atoms with E-state index in [4.69, 9.17) is 9.26 Å². The lowest BCUT2D eigenvalue weighted by molar-refractivity contribution is -0.0699. The van der Waals surface area contributed by atoms with Crippen LogP contribution in [0.4, 0.5) is 0 Å². The van der Waals surface area contributed by atoms with Crippen molar-refractivity contribution >= 4 is 0 Å². The van der Waals surface area contributed by atoms with Crippen LogP contribution in [0, 0.1) is 6.92 Å². The summed E-state index contributed by atoms with van der Waals surface area (Å²) in [6.07, 6.45) is 0.983. The van der Waals surface area contributed by atoms with Crippen molar-refractivity contribution in [3.05, 3.63) is 11.7 Å². The number of rotatable bonds is 3. The quantitative estimate of drug-likeness (QED) is 0.871. The molecule has 0 bridgehead atoms. The number of hydrogen-bond donors (Lipinski definition) is 1. The average Bonchev–Trinajstić information content (AvgIpc) is 2.64. The molecule has 1 atom stereocenters. The smallest absolute Gasteiger partial charge is 0.223 e. The van der Waals surface area contributed by atoms with E-state index in [-0.39, 0.29) is 11.2 Å². The molecule has 0 aliphatic carbocycles. The summed E-state index contributed by atoms with van der Waals surface area (Å²) in [5.41, 5.74) is -0.239. The van der Waals surface area contributed by atoms with Crippen molar-refractivity contribution in [2.24, 2.45) is 0 Å². The first-order chi connectivity index (χ1) is 7.78. The normalized spacial score (nSPS) is 26.3. The van der Waals surface area contributed by atoms with E-state index in [0.717, 1.165) is 6.42 Å². The third kappa shape index (κ3) is 2.84. The summed E-state index contributed by atoms with van der Waals surface area (Å²) in [5, 5.41) is 7.32. The SMILES string of the molecule is Cc1nc(CNC2CC(C)(C)OC2(C)C)no1. The van der Waals surface area contributed by atoms with Gasteiger partial charge in [0.25, 0.3) is 0 Å². The van der Waals surface area contributed by atoms with E-state index in [1.54, 1.807) is 6.92 Å².